The summed E-state index contributed by atoms with van der Waals surface area (Å²) in [4.78, 5) is 23.3. The smallest absolute Gasteiger partial charge is 0.271 e. The highest BCUT2D eigenvalue weighted by molar-refractivity contribution is 6.35. The van der Waals surface area contributed by atoms with E-state index in [1.54, 1.807) is 48.5 Å². The number of ether oxygens (including phenoxy) is 1. The maximum atomic E-state index is 12.3. The lowest BCUT2D eigenvalue weighted by atomic mass is 10.2. The van der Waals surface area contributed by atoms with Crippen molar-refractivity contribution in [1.82, 2.24) is 5.43 Å². The highest BCUT2D eigenvalue weighted by Gasteiger charge is 2.07. The van der Waals surface area contributed by atoms with E-state index in [9.17, 15) is 9.59 Å². The van der Waals surface area contributed by atoms with E-state index in [0.717, 1.165) is 5.56 Å². The zero-order valence-electron chi connectivity index (χ0n) is 16.6. The molecule has 31 heavy (non-hydrogen) atoms. The minimum Gasteiger partial charge on any atom is -0.488 e. The van der Waals surface area contributed by atoms with Crippen molar-refractivity contribution in [2.45, 2.75) is 13.5 Å². The first-order chi connectivity index (χ1) is 14.9. The fourth-order valence-electron chi connectivity index (χ4n) is 2.65. The van der Waals surface area contributed by atoms with Crippen LogP contribution in [0.25, 0.3) is 0 Å². The van der Waals surface area contributed by atoms with Crippen LogP contribution in [-0.2, 0) is 11.4 Å². The lowest BCUT2D eigenvalue weighted by Crippen LogP contribution is -2.17. The molecule has 158 valence electrons. The third kappa shape index (κ3) is 6.57. The maximum Gasteiger partial charge on any atom is 0.271 e. The molecule has 2 N–H and O–H groups in total. The van der Waals surface area contributed by atoms with Crippen LogP contribution in [0.2, 0.25) is 10.0 Å². The normalized spacial score (nSPS) is 10.7. The fraction of sp³-hybridized carbons (Fsp3) is 0.0870. The molecule has 6 nitrogen and oxygen atoms in total. The number of nitrogens with zero attached hydrogens (tertiary/aromatic N) is 1. The first-order valence-corrected chi connectivity index (χ1v) is 10.0. The van der Waals surface area contributed by atoms with E-state index in [-0.39, 0.29) is 18.4 Å². The van der Waals surface area contributed by atoms with Gasteiger partial charge in [-0.2, -0.15) is 5.10 Å². The van der Waals surface area contributed by atoms with Gasteiger partial charge < -0.3 is 10.1 Å². The molecule has 3 aromatic carbocycles. The van der Waals surface area contributed by atoms with Crippen molar-refractivity contribution in [2.75, 3.05) is 5.32 Å². The van der Waals surface area contributed by atoms with Gasteiger partial charge in [0.2, 0.25) is 5.91 Å². The summed E-state index contributed by atoms with van der Waals surface area (Å²) in [7, 11) is 0. The molecule has 0 unspecified atom stereocenters. The van der Waals surface area contributed by atoms with Crippen LogP contribution in [0.3, 0.4) is 0 Å². The molecule has 0 heterocycles. The van der Waals surface area contributed by atoms with Crippen LogP contribution in [0.5, 0.6) is 5.75 Å². The van der Waals surface area contributed by atoms with Crippen LogP contribution in [0.15, 0.2) is 71.8 Å². The summed E-state index contributed by atoms with van der Waals surface area (Å²) in [5.41, 5.74) is 4.99. The number of halogens is 2. The zero-order chi connectivity index (χ0) is 22.2. The minimum absolute atomic E-state index is 0.180. The van der Waals surface area contributed by atoms with E-state index in [4.69, 9.17) is 27.9 Å². The third-order valence-corrected chi connectivity index (χ3v) is 4.74. The molecule has 0 spiro atoms. The Bertz CT molecular complexity index is 1120. The lowest BCUT2D eigenvalue weighted by molar-refractivity contribution is -0.114. The molecule has 0 aliphatic rings. The molecule has 0 aliphatic carbocycles. The quantitative estimate of drug-likeness (QED) is 0.374. The number of hydrogen-bond donors (Lipinski definition) is 2. The Labute approximate surface area is 189 Å². The summed E-state index contributed by atoms with van der Waals surface area (Å²) in [5.74, 6) is 0.0316. The number of amides is 2. The Morgan fingerprint density at radius 1 is 1.03 bits per heavy atom. The molecule has 0 aromatic heterocycles. The average Bonchev–Trinajstić information content (AvgIpc) is 2.74. The largest absolute Gasteiger partial charge is 0.488 e. The van der Waals surface area contributed by atoms with Gasteiger partial charge in [-0.15, -0.1) is 0 Å². The summed E-state index contributed by atoms with van der Waals surface area (Å²) >= 11 is 12.1. The second-order valence-electron chi connectivity index (χ2n) is 6.52. The van der Waals surface area contributed by atoms with Crippen LogP contribution < -0.4 is 15.5 Å². The van der Waals surface area contributed by atoms with Crippen molar-refractivity contribution in [3.63, 3.8) is 0 Å². The molecule has 0 bridgehead atoms. The molecular weight excluding hydrogens is 437 g/mol. The summed E-state index contributed by atoms with van der Waals surface area (Å²) in [5, 5.41) is 7.74. The first-order valence-electron chi connectivity index (χ1n) is 9.29. The summed E-state index contributed by atoms with van der Waals surface area (Å²) in [6.07, 6.45) is 1.50. The van der Waals surface area contributed by atoms with Gasteiger partial charge in [0.1, 0.15) is 12.4 Å². The maximum absolute atomic E-state index is 12.3. The predicted octanol–water partition coefficient (Wildman–Crippen LogP) is 5.29. The molecule has 8 heteroatoms. The van der Waals surface area contributed by atoms with Crippen LogP contribution in [0.1, 0.15) is 28.4 Å². The van der Waals surface area contributed by atoms with Crippen LogP contribution in [0.4, 0.5) is 5.69 Å². The van der Waals surface area contributed by atoms with E-state index in [0.29, 0.717) is 32.6 Å². The summed E-state index contributed by atoms with van der Waals surface area (Å²) < 4.78 is 5.86. The van der Waals surface area contributed by atoms with Crippen molar-refractivity contribution in [3.8, 4) is 5.75 Å². The molecule has 0 saturated heterocycles. The molecular formula is C23H19Cl2N3O3. The van der Waals surface area contributed by atoms with Gasteiger partial charge in [-0.1, -0.05) is 41.4 Å². The van der Waals surface area contributed by atoms with Crippen molar-refractivity contribution in [2.24, 2.45) is 5.10 Å². The third-order valence-electron chi connectivity index (χ3n) is 4.15. The van der Waals surface area contributed by atoms with E-state index in [2.05, 4.69) is 15.8 Å². The molecule has 0 saturated carbocycles. The average molecular weight is 456 g/mol. The molecule has 0 aliphatic heterocycles. The summed E-state index contributed by atoms with van der Waals surface area (Å²) in [6, 6.07) is 19.0. The summed E-state index contributed by atoms with van der Waals surface area (Å²) in [6.45, 7) is 1.68. The Morgan fingerprint density at radius 3 is 2.48 bits per heavy atom. The number of carbonyl (C=O) groups is 2. The van der Waals surface area contributed by atoms with Crippen molar-refractivity contribution in [1.29, 1.82) is 0 Å². The molecule has 2 amide bonds. The number of nitrogens with one attached hydrogen (secondary N) is 2. The Morgan fingerprint density at radius 2 is 1.77 bits per heavy atom. The predicted molar refractivity (Wildman–Crippen MR) is 123 cm³/mol. The number of anilines is 1. The fourth-order valence-corrected chi connectivity index (χ4v) is 3.11. The molecule has 3 aromatic rings. The molecule has 0 radical (unpaired) electrons. The van der Waals surface area contributed by atoms with Crippen LogP contribution >= 0.6 is 23.2 Å². The van der Waals surface area contributed by atoms with Gasteiger partial charge in [-0.25, -0.2) is 5.43 Å². The highest BCUT2D eigenvalue weighted by atomic mass is 35.5. The monoisotopic (exact) mass is 455 g/mol. The number of hydrazone groups is 1. The van der Waals surface area contributed by atoms with Gasteiger partial charge in [0.05, 0.1) is 6.21 Å². The van der Waals surface area contributed by atoms with Crippen LogP contribution in [-0.4, -0.2) is 18.0 Å². The molecule has 3 rings (SSSR count). The topological polar surface area (TPSA) is 79.8 Å². The molecule has 0 fully saturated rings. The number of carbonyl (C=O) groups excluding carboxylic acids is 2. The number of rotatable bonds is 7. The van der Waals surface area contributed by atoms with Gasteiger partial charge in [0.15, 0.2) is 0 Å². The second kappa shape index (κ2) is 10.6. The van der Waals surface area contributed by atoms with Crippen molar-refractivity contribution < 1.29 is 14.3 Å². The van der Waals surface area contributed by atoms with E-state index in [1.165, 1.54) is 13.1 Å². The van der Waals surface area contributed by atoms with E-state index in [1.807, 2.05) is 18.2 Å². The highest BCUT2D eigenvalue weighted by Crippen LogP contribution is 2.24. The van der Waals surface area contributed by atoms with Gasteiger partial charge in [-0.05, 0) is 48.5 Å². The standard InChI is InChI=1S/C23H19Cl2N3O3/c1-15(29)27-20-10-7-16(8-11-20)23(30)28-26-13-17-4-2-3-5-22(17)31-14-18-6-9-19(24)12-21(18)25/h2-13H,14H2,1H3,(H,27,29)(H,28,30)/b26-13-. The number of para-hydroxylation sites is 1. The van der Waals surface area contributed by atoms with Gasteiger partial charge in [0, 0.05) is 39.3 Å². The Kier molecular flexibility index (Phi) is 7.65. The SMILES string of the molecule is CC(=O)Nc1ccc(C(=O)N/N=C\c2ccccc2OCc2ccc(Cl)cc2Cl)cc1. The lowest BCUT2D eigenvalue weighted by Gasteiger charge is -2.10. The van der Waals surface area contributed by atoms with Gasteiger partial charge >= 0.3 is 0 Å². The van der Waals surface area contributed by atoms with Crippen molar-refractivity contribution >= 4 is 46.9 Å². The first kappa shape index (κ1) is 22.3. The zero-order valence-corrected chi connectivity index (χ0v) is 18.1. The number of hydrogen-bond acceptors (Lipinski definition) is 4. The molecule has 0 atom stereocenters. The minimum atomic E-state index is -0.378. The van der Waals surface area contributed by atoms with Gasteiger partial charge in [0.25, 0.3) is 5.91 Å². The second-order valence-corrected chi connectivity index (χ2v) is 7.36. The Balaban J connectivity index is 1.62. The number of benzene rings is 3. The van der Waals surface area contributed by atoms with Crippen LogP contribution in [0, 0.1) is 0 Å². The van der Waals surface area contributed by atoms with Crippen molar-refractivity contribution in [3.05, 3.63) is 93.5 Å². The van der Waals surface area contributed by atoms with E-state index < -0.39 is 0 Å². The van der Waals surface area contributed by atoms with E-state index >= 15 is 0 Å². The Hall–Kier alpha value is -3.35. The van der Waals surface area contributed by atoms with Gasteiger partial charge in [-0.3, -0.25) is 9.59 Å².